The first-order chi connectivity index (χ1) is 12.8. The molecule has 1 aromatic carbocycles. The summed E-state index contributed by atoms with van der Waals surface area (Å²) in [6, 6.07) is 20.5. The van der Waals surface area contributed by atoms with Crippen molar-refractivity contribution in [2.45, 2.75) is 26.3 Å². The highest BCUT2D eigenvalue weighted by atomic mass is 16.3. The van der Waals surface area contributed by atoms with E-state index in [9.17, 15) is 0 Å². The van der Waals surface area contributed by atoms with Crippen LogP contribution in [0.4, 0.5) is 5.82 Å². The number of pyridine rings is 2. The maximum atomic E-state index is 5.59. The van der Waals surface area contributed by atoms with E-state index in [-0.39, 0.29) is 0 Å². The van der Waals surface area contributed by atoms with Gasteiger partial charge >= 0.3 is 0 Å². The van der Waals surface area contributed by atoms with Crippen molar-refractivity contribution in [1.29, 1.82) is 0 Å². The van der Waals surface area contributed by atoms with Crippen LogP contribution in [0.15, 0.2) is 71.3 Å². The SMILES string of the molecule is Cc1ccc(CNc2ccc3c(CCc4ccccn4)cccc3n2)o1. The molecule has 4 nitrogen and oxygen atoms in total. The Morgan fingerprint density at radius 2 is 1.88 bits per heavy atom. The Hall–Kier alpha value is -3.14. The minimum atomic E-state index is 0.631. The van der Waals surface area contributed by atoms with Gasteiger partial charge in [-0.05, 0) is 67.8 Å². The van der Waals surface area contributed by atoms with Crippen LogP contribution in [0.25, 0.3) is 10.9 Å². The number of furan rings is 1. The average Bonchev–Trinajstić information content (AvgIpc) is 3.10. The third-order valence-corrected chi connectivity index (χ3v) is 4.44. The van der Waals surface area contributed by atoms with Crippen molar-refractivity contribution in [3.8, 4) is 0 Å². The number of hydrogen-bond donors (Lipinski definition) is 1. The lowest BCUT2D eigenvalue weighted by Gasteiger charge is -2.09. The van der Waals surface area contributed by atoms with Gasteiger partial charge in [-0.2, -0.15) is 0 Å². The van der Waals surface area contributed by atoms with E-state index in [1.165, 1.54) is 10.9 Å². The molecule has 1 N–H and O–H groups in total. The largest absolute Gasteiger partial charge is 0.465 e. The lowest BCUT2D eigenvalue weighted by molar-refractivity contribution is 0.490. The normalized spacial score (nSPS) is 11.0. The molecule has 0 aliphatic rings. The Balaban J connectivity index is 1.49. The summed E-state index contributed by atoms with van der Waals surface area (Å²) in [4.78, 5) is 9.15. The van der Waals surface area contributed by atoms with Crippen LogP contribution >= 0.6 is 0 Å². The molecule has 0 amide bonds. The number of aromatic nitrogens is 2. The van der Waals surface area contributed by atoms with Crippen molar-refractivity contribution in [2.24, 2.45) is 0 Å². The fourth-order valence-corrected chi connectivity index (χ4v) is 3.10. The lowest BCUT2D eigenvalue weighted by Crippen LogP contribution is -2.01. The van der Waals surface area contributed by atoms with Gasteiger partial charge in [0.25, 0.3) is 0 Å². The topological polar surface area (TPSA) is 51.0 Å². The molecule has 0 saturated carbocycles. The zero-order valence-electron chi connectivity index (χ0n) is 14.8. The maximum Gasteiger partial charge on any atom is 0.127 e. The summed E-state index contributed by atoms with van der Waals surface area (Å²) in [5, 5.41) is 4.53. The molecule has 4 aromatic rings. The monoisotopic (exact) mass is 343 g/mol. The van der Waals surface area contributed by atoms with E-state index in [2.05, 4.69) is 40.6 Å². The summed E-state index contributed by atoms with van der Waals surface area (Å²) in [5.41, 5.74) is 3.42. The summed E-state index contributed by atoms with van der Waals surface area (Å²) in [6.07, 6.45) is 3.73. The number of anilines is 1. The zero-order chi connectivity index (χ0) is 17.8. The predicted octanol–water partition coefficient (Wildman–Crippen LogP) is 4.93. The quantitative estimate of drug-likeness (QED) is 0.539. The molecule has 3 aromatic heterocycles. The molecule has 0 fully saturated rings. The van der Waals surface area contributed by atoms with E-state index in [0.29, 0.717) is 6.54 Å². The Morgan fingerprint density at radius 3 is 2.69 bits per heavy atom. The first-order valence-corrected chi connectivity index (χ1v) is 8.86. The first kappa shape index (κ1) is 16.3. The van der Waals surface area contributed by atoms with E-state index in [4.69, 9.17) is 9.40 Å². The molecule has 0 spiro atoms. The van der Waals surface area contributed by atoms with Crippen LogP contribution in [0.2, 0.25) is 0 Å². The van der Waals surface area contributed by atoms with E-state index >= 15 is 0 Å². The molecule has 0 unspecified atom stereocenters. The van der Waals surface area contributed by atoms with Crippen LogP contribution in [-0.2, 0) is 19.4 Å². The molecule has 26 heavy (non-hydrogen) atoms. The molecule has 0 aliphatic carbocycles. The average molecular weight is 343 g/mol. The maximum absolute atomic E-state index is 5.59. The molecule has 4 rings (SSSR count). The van der Waals surface area contributed by atoms with Gasteiger partial charge in [-0.1, -0.05) is 18.2 Å². The van der Waals surface area contributed by atoms with Crippen molar-refractivity contribution in [2.75, 3.05) is 5.32 Å². The predicted molar refractivity (Wildman–Crippen MR) is 104 cm³/mol. The number of benzene rings is 1. The number of aryl methyl sites for hydroxylation is 3. The first-order valence-electron chi connectivity index (χ1n) is 8.86. The van der Waals surface area contributed by atoms with Gasteiger partial charge in [-0.15, -0.1) is 0 Å². The van der Waals surface area contributed by atoms with E-state index in [0.717, 1.165) is 41.4 Å². The molecule has 0 radical (unpaired) electrons. The number of nitrogens with zero attached hydrogens (tertiary/aromatic N) is 2. The number of fused-ring (bicyclic) bond motifs is 1. The van der Waals surface area contributed by atoms with E-state index in [1.54, 1.807) is 0 Å². The number of rotatable bonds is 6. The van der Waals surface area contributed by atoms with Crippen molar-refractivity contribution in [1.82, 2.24) is 9.97 Å². The smallest absolute Gasteiger partial charge is 0.127 e. The fourth-order valence-electron chi connectivity index (χ4n) is 3.10. The molecule has 0 aliphatic heterocycles. The van der Waals surface area contributed by atoms with Gasteiger partial charge in [0.15, 0.2) is 0 Å². The Morgan fingerprint density at radius 1 is 0.923 bits per heavy atom. The fraction of sp³-hybridized carbons (Fsp3) is 0.182. The Bertz CT molecular complexity index is 1010. The summed E-state index contributed by atoms with van der Waals surface area (Å²) in [6.45, 7) is 2.58. The minimum absolute atomic E-state index is 0.631. The Kier molecular flexibility index (Phi) is 4.65. The summed E-state index contributed by atoms with van der Waals surface area (Å²) < 4.78 is 5.59. The van der Waals surface area contributed by atoms with Crippen LogP contribution in [0.5, 0.6) is 0 Å². The molecule has 3 heterocycles. The van der Waals surface area contributed by atoms with Crippen LogP contribution in [0, 0.1) is 6.92 Å². The van der Waals surface area contributed by atoms with Gasteiger partial charge in [-0.3, -0.25) is 4.98 Å². The zero-order valence-corrected chi connectivity index (χ0v) is 14.8. The highest BCUT2D eigenvalue weighted by Gasteiger charge is 2.05. The van der Waals surface area contributed by atoms with Crippen molar-refractivity contribution < 1.29 is 4.42 Å². The number of hydrogen-bond acceptors (Lipinski definition) is 4. The van der Waals surface area contributed by atoms with Gasteiger partial charge in [-0.25, -0.2) is 4.98 Å². The molecule has 0 atom stereocenters. The molecule has 130 valence electrons. The van der Waals surface area contributed by atoms with Gasteiger partial charge in [0.2, 0.25) is 0 Å². The van der Waals surface area contributed by atoms with Crippen LogP contribution in [0.1, 0.15) is 22.8 Å². The van der Waals surface area contributed by atoms with Crippen LogP contribution < -0.4 is 5.32 Å². The third kappa shape index (κ3) is 3.75. The molecule has 0 bridgehead atoms. The van der Waals surface area contributed by atoms with Gasteiger partial charge in [0, 0.05) is 17.3 Å². The van der Waals surface area contributed by atoms with Gasteiger partial charge in [0.1, 0.15) is 17.3 Å². The Labute approximate surface area is 152 Å². The van der Waals surface area contributed by atoms with Gasteiger partial charge < -0.3 is 9.73 Å². The van der Waals surface area contributed by atoms with Gasteiger partial charge in [0.05, 0.1) is 12.1 Å². The lowest BCUT2D eigenvalue weighted by atomic mass is 10.0. The molecule has 0 saturated heterocycles. The highest BCUT2D eigenvalue weighted by Crippen LogP contribution is 2.21. The van der Waals surface area contributed by atoms with Crippen molar-refractivity contribution >= 4 is 16.7 Å². The summed E-state index contributed by atoms with van der Waals surface area (Å²) in [5.74, 6) is 2.69. The highest BCUT2D eigenvalue weighted by molar-refractivity contribution is 5.83. The third-order valence-electron chi connectivity index (χ3n) is 4.44. The second-order valence-electron chi connectivity index (χ2n) is 6.37. The molecule has 4 heteroatoms. The van der Waals surface area contributed by atoms with Crippen molar-refractivity contribution in [3.63, 3.8) is 0 Å². The summed E-state index contributed by atoms with van der Waals surface area (Å²) >= 11 is 0. The van der Waals surface area contributed by atoms with Crippen LogP contribution in [0.3, 0.4) is 0 Å². The van der Waals surface area contributed by atoms with Crippen LogP contribution in [-0.4, -0.2) is 9.97 Å². The second kappa shape index (κ2) is 7.40. The number of nitrogens with one attached hydrogen (secondary N) is 1. The second-order valence-corrected chi connectivity index (χ2v) is 6.37. The molecular formula is C22H21N3O. The minimum Gasteiger partial charge on any atom is -0.465 e. The standard InChI is InChI=1S/C22H21N3O/c1-16-8-11-19(26-16)15-24-22-13-12-20-17(5-4-7-21(20)25-22)9-10-18-6-2-3-14-23-18/h2-8,11-14H,9-10,15H2,1H3,(H,24,25). The van der Waals surface area contributed by atoms with Crippen molar-refractivity contribution in [3.05, 3.63) is 89.6 Å². The molecular weight excluding hydrogens is 322 g/mol. The summed E-state index contributed by atoms with van der Waals surface area (Å²) in [7, 11) is 0. The van der Waals surface area contributed by atoms with E-state index in [1.807, 2.05) is 43.5 Å². The van der Waals surface area contributed by atoms with E-state index < -0.39 is 0 Å².